The van der Waals surface area contributed by atoms with Gasteiger partial charge in [0.1, 0.15) is 0 Å². The van der Waals surface area contributed by atoms with E-state index >= 15 is 0 Å². The third-order valence-electron chi connectivity index (χ3n) is 4.19. The van der Waals surface area contributed by atoms with Gasteiger partial charge >= 0.3 is 6.03 Å². The van der Waals surface area contributed by atoms with Gasteiger partial charge in [-0.1, -0.05) is 46.9 Å². The van der Waals surface area contributed by atoms with Crippen molar-refractivity contribution < 1.29 is 9.53 Å². The second kappa shape index (κ2) is 9.62. The first-order chi connectivity index (χ1) is 13.0. The molecule has 1 heterocycles. The van der Waals surface area contributed by atoms with E-state index in [1.807, 2.05) is 12.1 Å². The van der Waals surface area contributed by atoms with Crippen LogP contribution in [0.4, 0.5) is 10.5 Å². The Balaban J connectivity index is 1.46. The van der Waals surface area contributed by atoms with Crippen molar-refractivity contribution in [3.05, 3.63) is 63.1 Å². The summed E-state index contributed by atoms with van der Waals surface area (Å²) in [5.41, 5.74) is 1.74. The third kappa shape index (κ3) is 6.26. The molecule has 144 valence electrons. The molecule has 2 aromatic carbocycles. The van der Waals surface area contributed by atoms with Gasteiger partial charge < -0.3 is 15.4 Å². The highest BCUT2D eigenvalue weighted by Crippen LogP contribution is 2.23. The first-order valence-corrected chi connectivity index (χ1v) is 9.71. The smallest absolute Gasteiger partial charge is 0.319 e. The maximum absolute atomic E-state index is 12.0. The fourth-order valence-electron chi connectivity index (χ4n) is 2.89. The first-order valence-electron chi connectivity index (χ1n) is 8.58. The number of anilines is 1. The summed E-state index contributed by atoms with van der Waals surface area (Å²) in [5.74, 6) is 0. The molecule has 0 spiro atoms. The third-order valence-corrected chi connectivity index (χ3v) is 5.16. The number of hydrogen-bond donors (Lipinski definition) is 2. The van der Waals surface area contributed by atoms with E-state index in [1.165, 1.54) is 0 Å². The first kappa shape index (κ1) is 20.2. The van der Waals surface area contributed by atoms with Crippen molar-refractivity contribution >= 4 is 46.5 Å². The van der Waals surface area contributed by atoms with Crippen molar-refractivity contribution in [3.8, 4) is 0 Å². The van der Waals surface area contributed by atoms with Crippen LogP contribution >= 0.6 is 34.8 Å². The van der Waals surface area contributed by atoms with E-state index in [0.717, 1.165) is 25.2 Å². The fourth-order valence-corrected chi connectivity index (χ4v) is 3.40. The Morgan fingerprint density at radius 3 is 2.78 bits per heavy atom. The molecule has 1 fully saturated rings. The summed E-state index contributed by atoms with van der Waals surface area (Å²) in [4.78, 5) is 14.3. The number of amides is 2. The van der Waals surface area contributed by atoms with Gasteiger partial charge in [0.2, 0.25) is 0 Å². The Labute approximate surface area is 173 Å². The summed E-state index contributed by atoms with van der Waals surface area (Å²) in [6.45, 7) is 3.34. The molecule has 8 heteroatoms. The number of morpholine rings is 1. The molecular formula is C19H20Cl3N3O2. The van der Waals surface area contributed by atoms with E-state index in [9.17, 15) is 4.79 Å². The topological polar surface area (TPSA) is 53.6 Å². The summed E-state index contributed by atoms with van der Waals surface area (Å²) >= 11 is 18.0. The zero-order valence-corrected chi connectivity index (χ0v) is 16.8. The van der Waals surface area contributed by atoms with Gasteiger partial charge in [-0.3, -0.25) is 4.90 Å². The van der Waals surface area contributed by atoms with Crippen LogP contribution in [0.3, 0.4) is 0 Å². The SMILES string of the molecule is O=C(NCC1CN(Cc2ccc(Cl)c(Cl)c2)CCO1)Nc1cccc(Cl)c1. The van der Waals surface area contributed by atoms with Gasteiger partial charge in [0, 0.05) is 36.9 Å². The van der Waals surface area contributed by atoms with Crippen molar-refractivity contribution in [2.75, 3.05) is 31.6 Å². The van der Waals surface area contributed by atoms with Gasteiger partial charge in [-0.15, -0.1) is 0 Å². The van der Waals surface area contributed by atoms with Crippen molar-refractivity contribution in [1.29, 1.82) is 0 Å². The number of hydrogen-bond acceptors (Lipinski definition) is 3. The standard InChI is InChI=1S/C19H20Cl3N3O2/c20-14-2-1-3-15(9-14)24-19(26)23-10-16-12-25(6-7-27-16)11-13-4-5-17(21)18(22)8-13/h1-5,8-9,16H,6-7,10-12H2,(H2,23,24,26). The zero-order valence-electron chi connectivity index (χ0n) is 14.6. The van der Waals surface area contributed by atoms with Gasteiger partial charge in [0.25, 0.3) is 0 Å². The van der Waals surface area contributed by atoms with Crippen LogP contribution in [0.1, 0.15) is 5.56 Å². The Kier molecular flexibility index (Phi) is 7.21. The molecule has 1 aliphatic rings. The summed E-state index contributed by atoms with van der Waals surface area (Å²) < 4.78 is 5.76. The van der Waals surface area contributed by atoms with Gasteiger partial charge in [-0.25, -0.2) is 4.79 Å². The normalized spacial score (nSPS) is 17.5. The lowest BCUT2D eigenvalue weighted by atomic mass is 10.2. The Hall–Kier alpha value is -1.50. The summed E-state index contributed by atoms with van der Waals surface area (Å²) in [6.07, 6.45) is -0.0772. The van der Waals surface area contributed by atoms with Crippen LogP contribution in [0.5, 0.6) is 0 Å². The molecule has 2 N–H and O–H groups in total. The van der Waals surface area contributed by atoms with Gasteiger partial charge in [-0.05, 0) is 35.9 Å². The molecule has 1 unspecified atom stereocenters. The minimum Gasteiger partial charge on any atom is -0.374 e. The quantitative estimate of drug-likeness (QED) is 0.727. The average Bonchev–Trinajstić information content (AvgIpc) is 2.63. The predicted molar refractivity (Wildman–Crippen MR) is 110 cm³/mol. The largest absolute Gasteiger partial charge is 0.374 e. The second-order valence-corrected chi connectivity index (χ2v) is 7.57. The maximum Gasteiger partial charge on any atom is 0.319 e. The zero-order chi connectivity index (χ0) is 19.2. The highest BCUT2D eigenvalue weighted by atomic mass is 35.5. The second-order valence-electron chi connectivity index (χ2n) is 6.32. The maximum atomic E-state index is 12.0. The Bertz CT molecular complexity index is 804. The van der Waals surface area contributed by atoms with Crippen LogP contribution in [0, 0.1) is 0 Å². The number of carbonyl (C=O) groups excluding carboxylic acids is 1. The van der Waals surface area contributed by atoms with E-state index in [-0.39, 0.29) is 12.1 Å². The number of ether oxygens (including phenoxy) is 1. The van der Waals surface area contributed by atoms with Crippen LogP contribution in [-0.4, -0.2) is 43.3 Å². The molecule has 0 aliphatic carbocycles. The van der Waals surface area contributed by atoms with Gasteiger partial charge in [0.05, 0.1) is 22.8 Å². The summed E-state index contributed by atoms with van der Waals surface area (Å²) in [7, 11) is 0. The van der Waals surface area contributed by atoms with E-state index in [0.29, 0.717) is 33.9 Å². The highest BCUT2D eigenvalue weighted by molar-refractivity contribution is 6.42. The van der Waals surface area contributed by atoms with Crippen LogP contribution in [0.15, 0.2) is 42.5 Å². The van der Waals surface area contributed by atoms with E-state index in [2.05, 4.69) is 15.5 Å². The molecule has 1 atom stereocenters. The minimum atomic E-state index is -0.289. The van der Waals surface area contributed by atoms with Crippen molar-refractivity contribution in [3.63, 3.8) is 0 Å². The van der Waals surface area contributed by atoms with Gasteiger partial charge in [-0.2, -0.15) is 0 Å². The number of rotatable bonds is 5. The molecule has 1 saturated heterocycles. The molecule has 0 bridgehead atoms. The van der Waals surface area contributed by atoms with E-state index < -0.39 is 0 Å². The summed E-state index contributed by atoms with van der Waals surface area (Å²) in [5, 5.41) is 7.27. The van der Waals surface area contributed by atoms with Crippen molar-refractivity contribution in [1.82, 2.24) is 10.2 Å². The number of nitrogens with one attached hydrogen (secondary N) is 2. The molecule has 0 aromatic heterocycles. The lowest BCUT2D eigenvalue weighted by Gasteiger charge is -2.33. The molecule has 0 radical (unpaired) electrons. The molecule has 5 nitrogen and oxygen atoms in total. The molecule has 0 saturated carbocycles. The minimum absolute atomic E-state index is 0.0772. The fraction of sp³-hybridized carbons (Fsp3) is 0.316. The lowest BCUT2D eigenvalue weighted by Crippen LogP contribution is -2.47. The van der Waals surface area contributed by atoms with E-state index in [4.69, 9.17) is 39.5 Å². The Morgan fingerprint density at radius 1 is 1.15 bits per heavy atom. The number of benzene rings is 2. The number of carbonyl (C=O) groups is 1. The van der Waals surface area contributed by atoms with Gasteiger partial charge in [0.15, 0.2) is 0 Å². The molecular weight excluding hydrogens is 409 g/mol. The molecule has 2 aromatic rings. The number of urea groups is 1. The van der Waals surface area contributed by atoms with E-state index in [1.54, 1.807) is 30.3 Å². The monoisotopic (exact) mass is 427 g/mol. The van der Waals surface area contributed by atoms with Crippen LogP contribution < -0.4 is 10.6 Å². The number of nitrogens with zero attached hydrogens (tertiary/aromatic N) is 1. The molecule has 2 amide bonds. The van der Waals surface area contributed by atoms with Crippen molar-refractivity contribution in [2.24, 2.45) is 0 Å². The molecule has 3 rings (SSSR count). The summed E-state index contributed by atoms with van der Waals surface area (Å²) in [6, 6.07) is 12.4. The highest BCUT2D eigenvalue weighted by Gasteiger charge is 2.21. The number of halogens is 3. The van der Waals surface area contributed by atoms with Crippen molar-refractivity contribution in [2.45, 2.75) is 12.6 Å². The average molecular weight is 429 g/mol. The molecule has 27 heavy (non-hydrogen) atoms. The van der Waals surface area contributed by atoms with Crippen LogP contribution in [-0.2, 0) is 11.3 Å². The Morgan fingerprint density at radius 2 is 2.00 bits per heavy atom. The molecule has 1 aliphatic heterocycles. The van der Waals surface area contributed by atoms with Crippen LogP contribution in [0.2, 0.25) is 15.1 Å². The predicted octanol–water partition coefficient (Wildman–Crippen LogP) is 4.67. The van der Waals surface area contributed by atoms with Crippen LogP contribution in [0.25, 0.3) is 0 Å². The lowest BCUT2D eigenvalue weighted by molar-refractivity contribution is -0.0285.